The fourth-order valence-electron chi connectivity index (χ4n) is 23.9. The highest BCUT2D eigenvalue weighted by Gasteiger charge is 2.50. The maximum Gasteiger partial charge on any atom is 0.210 e. The van der Waals surface area contributed by atoms with E-state index >= 15 is 0 Å². The van der Waals surface area contributed by atoms with E-state index in [-0.39, 0.29) is 45.8 Å². The normalized spacial score (nSPS) is 22.3. The molecule has 0 fully saturated rings. The van der Waals surface area contributed by atoms with Gasteiger partial charge in [-0.3, -0.25) is 0 Å². The number of anilines is 3. The standard InChI is InChI=1S/C113H117N6.CH4/c1-108(2)86-48-27-29-50-88(86)114(13)94(108)66-56-76-38-31-40-78(58-68-96-110(5,6)104-82-44-23-19-34-72(82)52-62-90(104)116(96)15)100(76)103(101-77(57-67-95-109(3,4)87-49-28-30-51-89(87)115(95)14)39-32-41-79(101)59-69-97-111(7,8)105-83-45-24-20-35-73(83)53-63-91(105)117(97)16)102-80(60-70-98-112(9,10)106-84-46-25-21-36-74(84)54-64-92(106)118(98)17)42-33-43-81(102)61-71-99-113(11,12)107-85-47-26-22-37-75(85)55-65-93(107)119(99)18;/h19-30,34-37,44-71,103H,31-33,38-43H2,1-18H3;1H4/q+3;. The van der Waals surface area contributed by atoms with Crippen LogP contribution in [0.15, 0.2) is 334 Å². The SMILES string of the molecule is C.CN1C(=CC=C2CCCC(C=CC3=[N+](C)c4ccc5ccccc5c4C3(C)C)=C2C(C2=C(C=CC3=[N+](C)c4ccccc4C3(C)C)CCCC2=CC=C2N(C)c3ccc4ccccc4c3C2(C)C)C2=C(C=CC3=[N+](C)c4ccc5ccccc5c4C3(C)C)CCCC2=CC=C2N(C)c3ccc4ccccc4c3C2(C)C)C(C)(C)c2ccccc21. The van der Waals surface area contributed by atoms with Crippen LogP contribution in [-0.4, -0.2) is 73.1 Å². The Morgan fingerprint density at radius 1 is 0.283 bits per heavy atom. The molecule has 1 atom stereocenters. The van der Waals surface area contributed by atoms with E-state index in [0.717, 1.165) is 57.8 Å². The Kier molecular flexibility index (Phi) is 19.6. The lowest BCUT2D eigenvalue weighted by Gasteiger charge is -2.39. The molecule has 604 valence electrons. The molecule has 0 aromatic heterocycles. The first-order valence-corrected chi connectivity index (χ1v) is 43.9. The van der Waals surface area contributed by atoms with E-state index < -0.39 is 0 Å². The van der Waals surface area contributed by atoms with Crippen molar-refractivity contribution >= 4 is 94.3 Å². The molecule has 0 radical (unpaired) electrons. The highest BCUT2D eigenvalue weighted by molar-refractivity contribution is 6.10. The third-order valence-electron chi connectivity index (χ3n) is 29.7. The van der Waals surface area contributed by atoms with E-state index in [0.29, 0.717) is 0 Å². The van der Waals surface area contributed by atoms with Gasteiger partial charge in [0.1, 0.15) is 21.1 Å². The average molecular weight is 1580 g/mol. The van der Waals surface area contributed by atoms with Gasteiger partial charge in [0.05, 0.1) is 16.2 Å². The van der Waals surface area contributed by atoms with Gasteiger partial charge in [0, 0.05) is 131 Å². The van der Waals surface area contributed by atoms with Gasteiger partial charge < -0.3 is 14.7 Å². The molecule has 0 N–H and O–H groups in total. The van der Waals surface area contributed by atoms with Crippen LogP contribution in [0, 0.1) is 5.92 Å². The minimum atomic E-state index is -0.311. The van der Waals surface area contributed by atoms with Crippen LogP contribution in [0.4, 0.5) is 34.1 Å². The summed E-state index contributed by atoms with van der Waals surface area (Å²) in [4.78, 5) is 7.51. The van der Waals surface area contributed by atoms with E-state index in [1.165, 1.54) is 195 Å². The first-order valence-electron chi connectivity index (χ1n) is 43.9. The van der Waals surface area contributed by atoms with Crippen molar-refractivity contribution in [2.24, 2.45) is 5.92 Å². The number of likely N-dealkylation sites (N-methyl/N-ethyl adjacent to an activating group) is 3. The van der Waals surface area contributed by atoms with E-state index in [4.69, 9.17) is 0 Å². The first-order chi connectivity index (χ1) is 57.1. The second-order valence-corrected chi connectivity index (χ2v) is 38.6. The van der Waals surface area contributed by atoms with E-state index in [1.54, 1.807) is 0 Å². The second kappa shape index (κ2) is 29.5. The molecule has 19 rings (SSSR count). The van der Waals surface area contributed by atoms with Crippen LogP contribution in [0.2, 0.25) is 0 Å². The predicted molar refractivity (Wildman–Crippen MR) is 513 cm³/mol. The zero-order valence-electron chi connectivity index (χ0n) is 73.5. The van der Waals surface area contributed by atoms with Crippen LogP contribution >= 0.6 is 0 Å². The Balaban J connectivity index is 0.00000988. The summed E-state index contributed by atoms with van der Waals surface area (Å²) in [7, 11) is 13.9. The minimum Gasteiger partial charge on any atom is -0.347 e. The van der Waals surface area contributed by atoms with E-state index in [1.807, 2.05) is 0 Å². The third-order valence-corrected chi connectivity index (χ3v) is 29.7. The number of allylic oxidation sites excluding steroid dienone is 24. The largest absolute Gasteiger partial charge is 0.347 e. The van der Waals surface area contributed by atoms with Crippen LogP contribution in [0.25, 0.3) is 43.1 Å². The van der Waals surface area contributed by atoms with Crippen LogP contribution in [-0.2, 0) is 32.5 Å². The molecule has 10 aromatic rings. The maximum atomic E-state index is 2.65. The molecule has 9 aliphatic rings. The minimum absolute atomic E-state index is 0. The Morgan fingerprint density at radius 2 is 0.600 bits per heavy atom. The molecule has 6 nitrogen and oxygen atoms in total. The van der Waals surface area contributed by atoms with Crippen molar-refractivity contribution in [3.8, 4) is 0 Å². The fourth-order valence-corrected chi connectivity index (χ4v) is 23.9. The number of rotatable bonds is 12. The highest BCUT2D eigenvalue weighted by atomic mass is 15.2. The lowest BCUT2D eigenvalue weighted by molar-refractivity contribution is -0.401. The van der Waals surface area contributed by atoms with Crippen molar-refractivity contribution in [2.75, 3.05) is 57.0 Å². The molecule has 3 aliphatic carbocycles. The summed E-state index contributed by atoms with van der Waals surface area (Å²) in [6.45, 7) is 29.5. The lowest BCUT2D eigenvalue weighted by atomic mass is 9.64. The quantitative estimate of drug-likeness (QED) is 0.114. The van der Waals surface area contributed by atoms with Gasteiger partial charge in [0.15, 0.2) is 17.1 Å². The van der Waals surface area contributed by atoms with Gasteiger partial charge in [0.2, 0.25) is 17.1 Å². The lowest BCUT2D eigenvalue weighted by Crippen LogP contribution is -2.28. The van der Waals surface area contributed by atoms with E-state index in [2.05, 4.69) is 421 Å². The van der Waals surface area contributed by atoms with Crippen LogP contribution in [0.5, 0.6) is 0 Å². The molecule has 120 heavy (non-hydrogen) atoms. The van der Waals surface area contributed by atoms with Crippen molar-refractivity contribution < 1.29 is 13.7 Å². The van der Waals surface area contributed by atoms with Gasteiger partial charge in [-0.15, -0.1) is 0 Å². The monoisotopic (exact) mass is 1570 g/mol. The zero-order valence-corrected chi connectivity index (χ0v) is 73.5. The topological polar surface area (TPSA) is 18.8 Å². The molecule has 0 saturated carbocycles. The molecular weight excluding hydrogens is 1450 g/mol. The third kappa shape index (κ3) is 12.3. The summed E-state index contributed by atoms with van der Waals surface area (Å²) >= 11 is 0. The number of benzene rings is 10. The Morgan fingerprint density at radius 3 is 0.992 bits per heavy atom. The summed E-state index contributed by atoms with van der Waals surface area (Å²) in [5.41, 5.74) is 34.9. The van der Waals surface area contributed by atoms with Gasteiger partial charge in [-0.05, 0) is 258 Å². The van der Waals surface area contributed by atoms with Crippen LogP contribution in [0.1, 0.15) is 182 Å². The van der Waals surface area contributed by atoms with Crippen molar-refractivity contribution in [1.82, 2.24) is 0 Å². The van der Waals surface area contributed by atoms with Gasteiger partial charge in [-0.25, -0.2) is 0 Å². The molecule has 6 aliphatic heterocycles. The Hall–Kier alpha value is -11.5. The maximum absolute atomic E-state index is 2.65. The molecule has 10 aromatic carbocycles. The van der Waals surface area contributed by atoms with Gasteiger partial charge in [0.25, 0.3) is 0 Å². The fraction of sp³-hybridized carbons (Fsp3) is 0.307. The Bertz CT molecular complexity index is 6580. The van der Waals surface area contributed by atoms with Crippen LogP contribution < -0.4 is 14.7 Å². The smallest absolute Gasteiger partial charge is 0.210 e. The van der Waals surface area contributed by atoms with Crippen molar-refractivity contribution in [2.45, 2.75) is 181 Å². The number of para-hydroxylation sites is 2. The number of nitrogens with zero attached hydrogens (tertiary/aromatic N) is 6. The summed E-state index contributed by atoms with van der Waals surface area (Å²) in [5, 5.41) is 10.4. The summed E-state index contributed by atoms with van der Waals surface area (Å²) in [6.07, 6.45) is 39.9. The van der Waals surface area contributed by atoms with Crippen molar-refractivity contribution in [1.29, 1.82) is 0 Å². The number of hydrogen-bond donors (Lipinski definition) is 0. The first kappa shape index (κ1) is 79.6. The molecule has 6 heterocycles. The van der Waals surface area contributed by atoms with Crippen molar-refractivity contribution in [3.63, 3.8) is 0 Å². The molecule has 1 unspecified atom stereocenters. The van der Waals surface area contributed by atoms with Crippen LogP contribution in [0.3, 0.4) is 0 Å². The molecular formula is C114H121N6+3. The molecule has 0 spiro atoms. The molecule has 0 bridgehead atoms. The zero-order chi connectivity index (χ0) is 82.7. The molecule has 0 amide bonds. The summed E-state index contributed by atoms with van der Waals surface area (Å²) < 4.78 is 7.51. The van der Waals surface area contributed by atoms with E-state index in [9.17, 15) is 0 Å². The molecule has 0 saturated heterocycles. The van der Waals surface area contributed by atoms with Gasteiger partial charge in [-0.1, -0.05) is 231 Å². The second-order valence-electron chi connectivity index (χ2n) is 38.6. The molecule has 6 heteroatoms. The number of hydrogen-bond acceptors (Lipinski definition) is 3. The highest BCUT2D eigenvalue weighted by Crippen LogP contribution is 2.58. The average Bonchev–Trinajstić information content (AvgIpc) is 1.54. The summed E-state index contributed by atoms with van der Waals surface area (Å²) in [6, 6.07) is 73.2. The summed E-state index contributed by atoms with van der Waals surface area (Å²) in [5.74, 6) is -0.247. The van der Waals surface area contributed by atoms with Crippen molar-refractivity contribution in [3.05, 3.63) is 368 Å². The number of fused-ring (bicyclic) bond motifs is 14. The van der Waals surface area contributed by atoms with Gasteiger partial charge in [-0.2, -0.15) is 13.7 Å². The Labute approximate surface area is 714 Å². The predicted octanol–water partition coefficient (Wildman–Crippen LogP) is 27.8. The van der Waals surface area contributed by atoms with Gasteiger partial charge >= 0.3 is 0 Å².